The van der Waals surface area contributed by atoms with E-state index < -0.39 is 6.10 Å². The van der Waals surface area contributed by atoms with Crippen molar-refractivity contribution in [2.24, 2.45) is 5.73 Å². The molecule has 1 unspecified atom stereocenters. The van der Waals surface area contributed by atoms with E-state index in [-0.39, 0.29) is 18.1 Å². The van der Waals surface area contributed by atoms with Gasteiger partial charge in [-0.15, -0.1) is 0 Å². The van der Waals surface area contributed by atoms with Gasteiger partial charge >= 0.3 is 0 Å². The summed E-state index contributed by atoms with van der Waals surface area (Å²) in [6, 6.07) is 10.5. The molecule has 0 spiro atoms. The average molecular weight is 340 g/mol. The molecular formula is C19H24N4O2. The van der Waals surface area contributed by atoms with E-state index in [4.69, 9.17) is 10.5 Å². The first-order valence-electron chi connectivity index (χ1n) is 9.04. The van der Waals surface area contributed by atoms with Gasteiger partial charge in [0.2, 0.25) is 0 Å². The fraction of sp³-hybridized carbons (Fsp3) is 0.474. The zero-order valence-corrected chi connectivity index (χ0v) is 14.2. The molecule has 3 N–H and O–H groups in total. The van der Waals surface area contributed by atoms with E-state index in [0.29, 0.717) is 13.0 Å². The quantitative estimate of drug-likeness (QED) is 0.894. The maximum atomic E-state index is 12.5. The number of aryl methyl sites for hydroxylation is 1. The molecule has 0 saturated carbocycles. The van der Waals surface area contributed by atoms with Gasteiger partial charge in [-0.2, -0.15) is 5.10 Å². The Morgan fingerprint density at radius 3 is 3.00 bits per heavy atom. The summed E-state index contributed by atoms with van der Waals surface area (Å²) in [4.78, 5) is 12.5. The number of hydrogen-bond acceptors (Lipinski definition) is 4. The number of amides is 1. The number of hydrogen-bond donors (Lipinski definition) is 2. The van der Waals surface area contributed by atoms with Crippen LogP contribution in [-0.4, -0.2) is 34.4 Å². The number of nitrogens with one attached hydrogen (secondary N) is 1. The molecule has 1 saturated heterocycles. The smallest absolute Gasteiger partial charge is 0.254 e. The van der Waals surface area contributed by atoms with Crippen LogP contribution >= 0.6 is 0 Å². The third kappa shape index (κ3) is 3.19. The molecule has 2 aliphatic rings. The summed E-state index contributed by atoms with van der Waals surface area (Å²) in [6.45, 7) is 0.459. The summed E-state index contributed by atoms with van der Waals surface area (Å²) >= 11 is 0. The lowest BCUT2D eigenvalue weighted by Crippen LogP contribution is -2.31. The number of carbonyl (C=O) groups excluding carboxylic acids is 1. The second-order valence-electron chi connectivity index (χ2n) is 6.82. The van der Waals surface area contributed by atoms with E-state index in [1.54, 1.807) is 6.20 Å². The van der Waals surface area contributed by atoms with Crippen molar-refractivity contribution in [1.82, 2.24) is 9.78 Å². The molecule has 6 heteroatoms. The number of aromatic nitrogens is 2. The Balaban J connectivity index is 1.53. The van der Waals surface area contributed by atoms with Gasteiger partial charge < -0.3 is 15.8 Å². The SMILES string of the molecule is NC[C@H]1CC[C@@H](C(=O)Nc2ccnn2C2CCCc3ccccc32)O1. The van der Waals surface area contributed by atoms with Crippen LogP contribution in [0, 0.1) is 0 Å². The maximum Gasteiger partial charge on any atom is 0.254 e. The van der Waals surface area contributed by atoms with Crippen molar-refractivity contribution >= 4 is 11.7 Å². The Morgan fingerprint density at radius 1 is 1.28 bits per heavy atom. The molecule has 1 amide bonds. The normalized spacial score (nSPS) is 25.6. The molecule has 2 heterocycles. The minimum absolute atomic E-state index is 0.00844. The molecule has 0 radical (unpaired) electrons. The molecule has 2 aromatic rings. The van der Waals surface area contributed by atoms with E-state index in [1.807, 2.05) is 10.7 Å². The van der Waals surface area contributed by atoms with Gasteiger partial charge in [0.15, 0.2) is 0 Å². The van der Waals surface area contributed by atoms with Gasteiger partial charge in [0, 0.05) is 12.6 Å². The molecule has 4 rings (SSSR count). The predicted molar refractivity (Wildman–Crippen MR) is 95.3 cm³/mol. The predicted octanol–water partition coefficient (Wildman–Crippen LogP) is 2.25. The van der Waals surface area contributed by atoms with Crippen LogP contribution in [0.25, 0.3) is 0 Å². The lowest BCUT2D eigenvalue weighted by atomic mass is 9.88. The molecule has 1 aromatic heterocycles. The van der Waals surface area contributed by atoms with Gasteiger partial charge in [0.05, 0.1) is 18.3 Å². The third-order valence-corrected chi connectivity index (χ3v) is 5.22. The van der Waals surface area contributed by atoms with Gasteiger partial charge in [-0.3, -0.25) is 4.79 Å². The lowest BCUT2D eigenvalue weighted by molar-refractivity contribution is -0.126. The monoisotopic (exact) mass is 340 g/mol. The van der Waals surface area contributed by atoms with E-state index in [9.17, 15) is 4.79 Å². The van der Waals surface area contributed by atoms with E-state index in [2.05, 4.69) is 34.7 Å². The Bertz CT molecular complexity index is 757. The summed E-state index contributed by atoms with van der Waals surface area (Å²) in [6.07, 6.45) is 6.12. The van der Waals surface area contributed by atoms with Crippen molar-refractivity contribution in [2.75, 3.05) is 11.9 Å². The Hall–Kier alpha value is -2.18. The van der Waals surface area contributed by atoms with E-state index >= 15 is 0 Å². The van der Waals surface area contributed by atoms with E-state index in [1.165, 1.54) is 11.1 Å². The Kier molecular flexibility index (Phi) is 4.55. The van der Waals surface area contributed by atoms with Crippen molar-refractivity contribution in [3.05, 3.63) is 47.7 Å². The number of nitrogens with two attached hydrogens (primary N) is 1. The van der Waals surface area contributed by atoms with Crippen LogP contribution in [0.5, 0.6) is 0 Å². The second kappa shape index (κ2) is 6.98. The first-order valence-corrected chi connectivity index (χ1v) is 9.04. The first kappa shape index (κ1) is 16.3. The zero-order chi connectivity index (χ0) is 17.2. The molecule has 1 fully saturated rings. The molecular weight excluding hydrogens is 316 g/mol. The van der Waals surface area contributed by atoms with Crippen molar-refractivity contribution in [2.45, 2.75) is 50.4 Å². The highest BCUT2D eigenvalue weighted by Gasteiger charge is 2.31. The number of anilines is 1. The van der Waals surface area contributed by atoms with Gasteiger partial charge in [-0.25, -0.2) is 4.68 Å². The Labute approximate surface area is 147 Å². The highest BCUT2D eigenvalue weighted by atomic mass is 16.5. The minimum Gasteiger partial charge on any atom is -0.364 e. The second-order valence-corrected chi connectivity index (χ2v) is 6.82. The summed E-state index contributed by atoms with van der Waals surface area (Å²) in [5.41, 5.74) is 8.30. The number of ether oxygens (including phenoxy) is 1. The number of rotatable bonds is 4. The third-order valence-electron chi connectivity index (χ3n) is 5.22. The topological polar surface area (TPSA) is 82.2 Å². The van der Waals surface area contributed by atoms with Gasteiger partial charge in [-0.05, 0) is 43.2 Å². The van der Waals surface area contributed by atoms with Crippen molar-refractivity contribution in [3.8, 4) is 0 Å². The molecule has 6 nitrogen and oxygen atoms in total. The summed E-state index contributed by atoms with van der Waals surface area (Å²) in [5.74, 6) is 0.619. The highest BCUT2D eigenvalue weighted by Crippen LogP contribution is 2.34. The fourth-order valence-corrected chi connectivity index (χ4v) is 3.92. The summed E-state index contributed by atoms with van der Waals surface area (Å²) in [7, 11) is 0. The molecule has 0 bridgehead atoms. The molecule has 1 aliphatic heterocycles. The minimum atomic E-state index is -0.421. The van der Waals surface area contributed by atoms with Crippen molar-refractivity contribution in [1.29, 1.82) is 0 Å². The average Bonchev–Trinajstić information content (AvgIpc) is 3.30. The highest BCUT2D eigenvalue weighted by molar-refractivity contribution is 5.93. The van der Waals surface area contributed by atoms with Crippen LogP contribution in [0.2, 0.25) is 0 Å². The number of nitrogens with zero attached hydrogens (tertiary/aromatic N) is 2. The number of benzene rings is 1. The van der Waals surface area contributed by atoms with Crippen LogP contribution < -0.4 is 11.1 Å². The standard InChI is InChI=1S/C19H24N4O2/c20-12-14-8-9-17(25-14)19(24)22-18-10-11-21-23(18)16-7-3-5-13-4-1-2-6-15(13)16/h1-2,4,6,10-11,14,16-17H,3,5,7-9,12,20H2,(H,22,24)/t14-,16?,17+/m1/s1. The van der Waals surface area contributed by atoms with Gasteiger partial charge in [0.1, 0.15) is 11.9 Å². The van der Waals surface area contributed by atoms with Crippen molar-refractivity contribution in [3.63, 3.8) is 0 Å². The van der Waals surface area contributed by atoms with Gasteiger partial charge in [-0.1, -0.05) is 24.3 Å². The van der Waals surface area contributed by atoms with Crippen molar-refractivity contribution < 1.29 is 9.53 Å². The maximum absolute atomic E-state index is 12.5. The van der Waals surface area contributed by atoms with Crippen LogP contribution in [0.3, 0.4) is 0 Å². The first-order chi connectivity index (χ1) is 12.3. The molecule has 132 valence electrons. The van der Waals surface area contributed by atoms with Gasteiger partial charge in [0.25, 0.3) is 5.91 Å². The number of fused-ring (bicyclic) bond motifs is 1. The summed E-state index contributed by atoms with van der Waals surface area (Å²) < 4.78 is 7.63. The van der Waals surface area contributed by atoms with Crippen LogP contribution in [0.4, 0.5) is 5.82 Å². The fourth-order valence-electron chi connectivity index (χ4n) is 3.92. The molecule has 1 aliphatic carbocycles. The number of carbonyl (C=O) groups is 1. The molecule has 3 atom stereocenters. The molecule has 1 aromatic carbocycles. The van der Waals surface area contributed by atoms with Crippen LogP contribution in [0.1, 0.15) is 42.9 Å². The van der Waals surface area contributed by atoms with Crippen LogP contribution in [0.15, 0.2) is 36.5 Å². The van der Waals surface area contributed by atoms with Crippen LogP contribution in [-0.2, 0) is 16.0 Å². The zero-order valence-electron chi connectivity index (χ0n) is 14.2. The largest absolute Gasteiger partial charge is 0.364 e. The lowest BCUT2D eigenvalue weighted by Gasteiger charge is -2.27. The summed E-state index contributed by atoms with van der Waals surface area (Å²) in [5, 5.41) is 7.49. The Morgan fingerprint density at radius 2 is 2.16 bits per heavy atom. The molecule has 25 heavy (non-hydrogen) atoms. The van der Waals surface area contributed by atoms with E-state index in [0.717, 1.165) is 31.5 Å².